The SMILES string of the molecule is O=C1CC(CCS(=O)(=O)c2nc3ccccc3s2)CCN1. The van der Waals surface area contributed by atoms with E-state index in [0.717, 1.165) is 16.6 Å². The highest BCUT2D eigenvalue weighted by Crippen LogP contribution is 2.27. The smallest absolute Gasteiger partial charge is 0.220 e. The molecule has 0 saturated carbocycles. The summed E-state index contributed by atoms with van der Waals surface area (Å²) in [5, 5.41) is 2.76. The molecule has 7 heteroatoms. The van der Waals surface area contributed by atoms with Gasteiger partial charge in [-0.15, -0.1) is 11.3 Å². The van der Waals surface area contributed by atoms with E-state index in [9.17, 15) is 13.2 Å². The Morgan fingerprint density at radius 1 is 1.33 bits per heavy atom. The van der Waals surface area contributed by atoms with Gasteiger partial charge in [0.15, 0.2) is 0 Å². The molecule has 5 nitrogen and oxygen atoms in total. The number of benzene rings is 1. The van der Waals surface area contributed by atoms with E-state index >= 15 is 0 Å². The third-order valence-corrected chi connectivity index (χ3v) is 6.92. The van der Waals surface area contributed by atoms with Crippen molar-refractivity contribution in [1.82, 2.24) is 10.3 Å². The summed E-state index contributed by atoms with van der Waals surface area (Å²) in [5.41, 5.74) is 0.720. The van der Waals surface area contributed by atoms with Crippen LogP contribution in [0.5, 0.6) is 0 Å². The number of thiazole rings is 1. The summed E-state index contributed by atoms with van der Waals surface area (Å²) >= 11 is 1.21. The van der Waals surface area contributed by atoms with Crippen LogP contribution in [-0.2, 0) is 14.6 Å². The Kier molecular flexibility index (Phi) is 3.95. The highest BCUT2D eigenvalue weighted by molar-refractivity contribution is 7.93. The van der Waals surface area contributed by atoms with Crippen molar-refractivity contribution in [2.45, 2.75) is 23.6 Å². The van der Waals surface area contributed by atoms with Crippen LogP contribution in [0.2, 0.25) is 0 Å². The highest BCUT2D eigenvalue weighted by Gasteiger charge is 2.24. The number of aromatic nitrogens is 1. The fourth-order valence-corrected chi connectivity index (χ4v) is 5.27. The van der Waals surface area contributed by atoms with E-state index in [1.807, 2.05) is 24.3 Å². The van der Waals surface area contributed by atoms with Crippen molar-refractivity contribution in [3.05, 3.63) is 24.3 Å². The largest absolute Gasteiger partial charge is 0.356 e. The number of hydrogen-bond acceptors (Lipinski definition) is 5. The number of fused-ring (bicyclic) bond motifs is 1. The second kappa shape index (κ2) is 5.73. The lowest BCUT2D eigenvalue weighted by atomic mass is 9.95. The summed E-state index contributed by atoms with van der Waals surface area (Å²) in [4.78, 5) is 15.5. The van der Waals surface area contributed by atoms with Crippen molar-refractivity contribution in [2.75, 3.05) is 12.3 Å². The topological polar surface area (TPSA) is 76.1 Å². The van der Waals surface area contributed by atoms with Gasteiger partial charge in [0.1, 0.15) is 0 Å². The molecule has 1 aliphatic heterocycles. The minimum absolute atomic E-state index is 0.0173. The van der Waals surface area contributed by atoms with Crippen molar-refractivity contribution < 1.29 is 13.2 Å². The lowest BCUT2D eigenvalue weighted by molar-refractivity contribution is -0.123. The van der Waals surface area contributed by atoms with E-state index in [2.05, 4.69) is 10.3 Å². The predicted octanol–water partition coefficient (Wildman–Crippen LogP) is 1.99. The maximum Gasteiger partial charge on any atom is 0.220 e. The molecule has 1 fully saturated rings. The molecule has 0 spiro atoms. The molecule has 0 aliphatic carbocycles. The standard InChI is InChI=1S/C14H16N2O3S2/c17-13-9-10(5-7-15-13)6-8-21(18,19)14-16-11-3-1-2-4-12(11)20-14/h1-4,10H,5-9H2,(H,15,17). The minimum Gasteiger partial charge on any atom is -0.356 e. The maximum absolute atomic E-state index is 12.4. The molecular weight excluding hydrogens is 308 g/mol. The summed E-state index contributed by atoms with van der Waals surface area (Å²) in [6.45, 7) is 0.644. The second-order valence-electron chi connectivity index (χ2n) is 5.26. The van der Waals surface area contributed by atoms with E-state index in [4.69, 9.17) is 0 Å². The first-order valence-corrected chi connectivity index (χ1v) is 9.36. The number of piperidine rings is 1. The Labute approximate surface area is 127 Å². The van der Waals surface area contributed by atoms with Gasteiger partial charge in [0.25, 0.3) is 0 Å². The Morgan fingerprint density at radius 3 is 2.90 bits per heavy atom. The summed E-state index contributed by atoms with van der Waals surface area (Å²) in [6.07, 6.45) is 1.79. The van der Waals surface area contributed by atoms with E-state index in [0.29, 0.717) is 19.4 Å². The molecule has 2 aromatic rings. The Morgan fingerprint density at radius 2 is 2.14 bits per heavy atom. The number of carbonyl (C=O) groups is 1. The number of nitrogens with zero attached hydrogens (tertiary/aromatic N) is 1. The molecule has 1 N–H and O–H groups in total. The molecular formula is C14H16N2O3S2. The van der Waals surface area contributed by atoms with Gasteiger partial charge in [0.05, 0.1) is 16.0 Å². The van der Waals surface area contributed by atoms with Crippen molar-refractivity contribution >= 4 is 37.3 Å². The van der Waals surface area contributed by atoms with Gasteiger partial charge in [-0.05, 0) is 30.9 Å². The van der Waals surface area contributed by atoms with Crippen molar-refractivity contribution in [1.29, 1.82) is 0 Å². The van der Waals surface area contributed by atoms with Crippen molar-refractivity contribution in [3.63, 3.8) is 0 Å². The van der Waals surface area contributed by atoms with Crippen LogP contribution in [0.1, 0.15) is 19.3 Å². The second-order valence-corrected chi connectivity index (χ2v) is 8.58. The number of sulfone groups is 1. The van der Waals surface area contributed by atoms with Crippen LogP contribution in [0.25, 0.3) is 10.2 Å². The summed E-state index contributed by atoms with van der Waals surface area (Å²) in [5.74, 6) is 0.233. The number of rotatable bonds is 4. The van der Waals surface area contributed by atoms with Gasteiger partial charge in [0.2, 0.25) is 20.1 Å². The highest BCUT2D eigenvalue weighted by atomic mass is 32.2. The summed E-state index contributed by atoms with van der Waals surface area (Å²) in [7, 11) is -3.36. The maximum atomic E-state index is 12.4. The zero-order valence-electron chi connectivity index (χ0n) is 11.4. The van der Waals surface area contributed by atoms with Crippen LogP contribution < -0.4 is 5.32 Å². The quantitative estimate of drug-likeness (QED) is 0.933. The van der Waals surface area contributed by atoms with Crippen LogP contribution in [0.4, 0.5) is 0 Å². The molecule has 1 aliphatic rings. The molecule has 0 bridgehead atoms. The molecule has 21 heavy (non-hydrogen) atoms. The van der Waals surface area contributed by atoms with Gasteiger partial charge in [0, 0.05) is 13.0 Å². The van der Waals surface area contributed by atoms with Gasteiger partial charge in [-0.2, -0.15) is 0 Å². The molecule has 0 radical (unpaired) electrons. The molecule has 1 unspecified atom stereocenters. The zero-order valence-corrected chi connectivity index (χ0v) is 13.0. The lowest BCUT2D eigenvalue weighted by Gasteiger charge is -2.21. The average molecular weight is 324 g/mol. The van der Waals surface area contributed by atoms with Crippen LogP contribution in [0.15, 0.2) is 28.6 Å². The van der Waals surface area contributed by atoms with E-state index in [1.54, 1.807) is 0 Å². The predicted molar refractivity (Wildman–Crippen MR) is 82.0 cm³/mol. The van der Waals surface area contributed by atoms with E-state index in [1.165, 1.54) is 11.3 Å². The van der Waals surface area contributed by atoms with E-state index < -0.39 is 9.84 Å². The Bertz CT molecular complexity index is 734. The number of carbonyl (C=O) groups excluding carboxylic acids is 1. The average Bonchev–Trinajstić information content (AvgIpc) is 2.90. The van der Waals surface area contributed by atoms with Crippen LogP contribution in [-0.4, -0.2) is 31.6 Å². The minimum atomic E-state index is -3.36. The number of hydrogen-bond donors (Lipinski definition) is 1. The molecule has 112 valence electrons. The Hall–Kier alpha value is -1.47. The number of amides is 1. The van der Waals surface area contributed by atoms with Crippen molar-refractivity contribution in [3.8, 4) is 0 Å². The molecule has 1 aromatic heterocycles. The monoisotopic (exact) mass is 324 g/mol. The van der Waals surface area contributed by atoms with Crippen LogP contribution in [0, 0.1) is 5.92 Å². The lowest BCUT2D eigenvalue weighted by Crippen LogP contribution is -2.34. The summed E-state index contributed by atoms with van der Waals surface area (Å²) in [6, 6.07) is 7.41. The van der Waals surface area contributed by atoms with Gasteiger partial charge in [-0.3, -0.25) is 4.79 Å². The zero-order chi connectivity index (χ0) is 14.9. The third-order valence-electron chi connectivity index (χ3n) is 3.68. The summed E-state index contributed by atoms with van der Waals surface area (Å²) < 4.78 is 25.8. The van der Waals surface area contributed by atoms with Crippen LogP contribution in [0.3, 0.4) is 0 Å². The fraction of sp³-hybridized carbons (Fsp3) is 0.429. The van der Waals surface area contributed by atoms with Crippen LogP contribution >= 0.6 is 11.3 Å². The van der Waals surface area contributed by atoms with E-state index in [-0.39, 0.29) is 21.9 Å². The Balaban J connectivity index is 1.72. The molecule has 2 heterocycles. The van der Waals surface area contributed by atoms with Gasteiger partial charge >= 0.3 is 0 Å². The molecule has 1 saturated heterocycles. The molecule has 3 rings (SSSR count). The normalized spacial score (nSPS) is 19.6. The fourth-order valence-electron chi connectivity index (χ4n) is 2.49. The first-order valence-electron chi connectivity index (χ1n) is 6.89. The van der Waals surface area contributed by atoms with Gasteiger partial charge < -0.3 is 5.32 Å². The van der Waals surface area contributed by atoms with Gasteiger partial charge in [-0.1, -0.05) is 12.1 Å². The molecule has 1 amide bonds. The van der Waals surface area contributed by atoms with Crippen molar-refractivity contribution in [2.24, 2.45) is 5.92 Å². The number of para-hydroxylation sites is 1. The number of nitrogens with one attached hydrogen (secondary N) is 1. The first kappa shape index (κ1) is 14.5. The molecule has 1 atom stereocenters. The molecule has 1 aromatic carbocycles. The third kappa shape index (κ3) is 3.24. The first-order chi connectivity index (χ1) is 10.0. The van der Waals surface area contributed by atoms with Gasteiger partial charge in [-0.25, -0.2) is 13.4 Å².